The average molecular weight is 470 g/mol. The molecule has 2 aromatic carbocycles. The molecule has 0 atom stereocenters. The second kappa shape index (κ2) is 17.6. The summed E-state index contributed by atoms with van der Waals surface area (Å²) in [5.41, 5.74) is 0. The number of hydrogen-bond donors (Lipinski definition) is 2. The zero-order chi connectivity index (χ0) is 20.5. The molecule has 0 bridgehead atoms. The summed E-state index contributed by atoms with van der Waals surface area (Å²) in [5, 5.41) is 18.0. The van der Waals surface area contributed by atoms with Crippen molar-refractivity contribution in [3.05, 3.63) is 97.1 Å². The van der Waals surface area contributed by atoms with Gasteiger partial charge in [-0.05, 0) is 24.3 Å². The molecule has 2 aliphatic rings. The molecule has 2 aliphatic carbocycles. The Morgan fingerprint density at radius 1 is 0.690 bits per heavy atom. The van der Waals surface area contributed by atoms with Crippen LogP contribution in [0.3, 0.4) is 0 Å². The van der Waals surface area contributed by atoms with Crippen LogP contribution in [0.2, 0.25) is 0 Å². The van der Waals surface area contributed by atoms with Crippen LogP contribution >= 0.6 is 0 Å². The molecule has 4 nitrogen and oxygen atoms in total. The van der Waals surface area contributed by atoms with Gasteiger partial charge in [0.25, 0.3) is 0 Å². The molecule has 0 heterocycles. The minimum Gasteiger partial charge on any atom is -0.504 e. The predicted molar refractivity (Wildman–Crippen MR) is 112 cm³/mol. The van der Waals surface area contributed by atoms with Crippen molar-refractivity contribution >= 4 is 0 Å². The molecule has 4 rings (SSSR count). The molecule has 0 aromatic heterocycles. The van der Waals surface area contributed by atoms with Crippen LogP contribution in [0.15, 0.2) is 85.0 Å². The van der Waals surface area contributed by atoms with Gasteiger partial charge in [0.05, 0.1) is 14.2 Å². The van der Waals surface area contributed by atoms with Crippen LogP contribution in [-0.2, 0) is 26.2 Å². The number of ether oxygens (including phenoxy) is 2. The molecular weight excluding hydrogens is 443 g/mol. The SMILES string of the molecule is COc1ccccc1O.COc1ccccc1O.[C-]1=CC=CC1.[C-]1=CC=CC1.[Zr+2]. The number of benzene rings is 2. The van der Waals surface area contributed by atoms with E-state index in [4.69, 9.17) is 19.7 Å². The second-order valence-electron chi connectivity index (χ2n) is 5.35. The van der Waals surface area contributed by atoms with E-state index in [1.807, 2.05) is 24.3 Å². The van der Waals surface area contributed by atoms with Crippen LogP contribution in [-0.4, -0.2) is 24.4 Å². The Kier molecular flexibility index (Phi) is 16.0. The van der Waals surface area contributed by atoms with Crippen molar-refractivity contribution < 1.29 is 45.9 Å². The van der Waals surface area contributed by atoms with Crippen molar-refractivity contribution in [3.63, 3.8) is 0 Å². The van der Waals surface area contributed by atoms with E-state index in [1.54, 1.807) is 48.5 Å². The first kappa shape index (κ1) is 26.5. The molecule has 0 radical (unpaired) electrons. The molecule has 150 valence electrons. The number of hydrogen-bond acceptors (Lipinski definition) is 4. The van der Waals surface area contributed by atoms with Crippen LogP contribution in [0, 0.1) is 12.2 Å². The van der Waals surface area contributed by atoms with Gasteiger partial charge in [-0.25, -0.2) is 24.3 Å². The monoisotopic (exact) mass is 468 g/mol. The van der Waals surface area contributed by atoms with E-state index in [2.05, 4.69) is 24.3 Å². The first-order valence-corrected chi connectivity index (χ1v) is 8.76. The van der Waals surface area contributed by atoms with Gasteiger partial charge >= 0.3 is 26.2 Å². The Morgan fingerprint density at radius 3 is 1.24 bits per heavy atom. The van der Waals surface area contributed by atoms with Crippen molar-refractivity contribution in [3.8, 4) is 23.0 Å². The Labute approximate surface area is 192 Å². The van der Waals surface area contributed by atoms with E-state index in [0.29, 0.717) is 11.5 Å². The number of phenols is 2. The van der Waals surface area contributed by atoms with Gasteiger partial charge in [-0.2, -0.15) is 12.2 Å². The number of rotatable bonds is 2. The number of methoxy groups -OCH3 is 2. The maximum atomic E-state index is 8.99. The smallest absolute Gasteiger partial charge is 0.504 e. The van der Waals surface area contributed by atoms with Crippen molar-refractivity contribution in [2.24, 2.45) is 0 Å². The summed E-state index contributed by atoms with van der Waals surface area (Å²) in [6.07, 6.45) is 20.0. The van der Waals surface area contributed by atoms with Gasteiger partial charge < -0.3 is 19.7 Å². The molecule has 5 heteroatoms. The van der Waals surface area contributed by atoms with Crippen molar-refractivity contribution in [2.45, 2.75) is 12.8 Å². The largest absolute Gasteiger partial charge is 2.00 e. The number of aromatic hydroxyl groups is 2. The summed E-state index contributed by atoms with van der Waals surface area (Å²) in [6, 6.07) is 13.7. The van der Waals surface area contributed by atoms with Crippen LogP contribution in [0.5, 0.6) is 23.0 Å². The first-order valence-electron chi connectivity index (χ1n) is 8.76. The Balaban J connectivity index is 0.000000369. The minimum atomic E-state index is 0. The van der Waals surface area contributed by atoms with Crippen LogP contribution in [0.1, 0.15) is 12.8 Å². The quantitative estimate of drug-likeness (QED) is 0.578. The molecule has 2 aromatic rings. The fourth-order valence-electron chi connectivity index (χ4n) is 1.94. The summed E-state index contributed by atoms with van der Waals surface area (Å²) in [6.45, 7) is 0. The number of para-hydroxylation sites is 4. The van der Waals surface area contributed by atoms with Crippen LogP contribution < -0.4 is 9.47 Å². The van der Waals surface area contributed by atoms with E-state index in [-0.39, 0.29) is 37.7 Å². The van der Waals surface area contributed by atoms with Gasteiger partial charge in [0.1, 0.15) is 0 Å². The molecule has 0 saturated carbocycles. The van der Waals surface area contributed by atoms with E-state index in [9.17, 15) is 0 Å². The maximum Gasteiger partial charge on any atom is 2.00 e. The van der Waals surface area contributed by atoms with Crippen molar-refractivity contribution in [1.29, 1.82) is 0 Å². The molecule has 0 aliphatic heterocycles. The first-order chi connectivity index (χ1) is 13.7. The molecule has 0 fully saturated rings. The maximum absolute atomic E-state index is 8.99. The molecule has 29 heavy (non-hydrogen) atoms. The third kappa shape index (κ3) is 12.5. The summed E-state index contributed by atoms with van der Waals surface area (Å²) >= 11 is 0. The Morgan fingerprint density at radius 2 is 1.07 bits per heavy atom. The van der Waals surface area contributed by atoms with Gasteiger partial charge in [0.2, 0.25) is 0 Å². The van der Waals surface area contributed by atoms with Gasteiger partial charge in [0.15, 0.2) is 23.0 Å². The third-order valence-electron chi connectivity index (χ3n) is 3.34. The molecular formula is C24H26O4Zr. The standard InChI is InChI=1S/2C7H8O2.2C5H5.Zr/c2*1-9-7-5-3-2-4-6(7)8;2*1-2-4-5-3-1;/h2*2-5,8H,1H3;2*1-3H,4H2;/q;;2*-1;+2. The van der Waals surface area contributed by atoms with E-state index in [0.717, 1.165) is 12.8 Å². The third-order valence-corrected chi connectivity index (χ3v) is 3.34. The molecule has 0 saturated heterocycles. The fraction of sp³-hybridized carbons (Fsp3) is 0.167. The normalized spacial score (nSPS) is 11.7. The zero-order valence-electron chi connectivity index (χ0n) is 16.7. The summed E-state index contributed by atoms with van der Waals surface area (Å²) in [4.78, 5) is 0. The zero-order valence-corrected chi connectivity index (χ0v) is 19.2. The Bertz CT molecular complexity index is 707. The van der Waals surface area contributed by atoms with Gasteiger partial charge in [-0.15, -0.1) is 12.8 Å². The van der Waals surface area contributed by atoms with Gasteiger partial charge in [0, 0.05) is 0 Å². The summed E-state index contributed by atoms with van der Waals surface area (Å²) < 4.78 is 9.59. The van der Waals surface area contributed by atoms with Crippen LogP contribution in [0.4, 0.5) is 0 Å². The van der Waals surface area contributed by atoms with E-state index < -0.39 is 0 Å². The number of phenolic OH excluding ortho intramolecular Hbond substituents is 2. The van der Waals surface area contributed by atoms with Crippen molar-refractivity contribution in [2.75, 3.05) is 14.2 Å². The topological polar surface area (TPSA) is 58.9 Å². The molecule has 2 N–H and O–H groups in total. The predicted octanol–water partition coefficient (Wildman–Crippen LogP) is 5.41. The Hall–Kier alpha value is -2.52. The molecule has 0 amide bonds. The number of allylic oxidation sites excluding steroid dienone is 8. The van der Waals surface area contributed by atoms with Crippen molar-refractivity contribution in [1.82, 2.24) is 0 Å². The van der Waals surface area contributed by atoms with E-state index in [1.165, 1.54) is 14.2 Å². The minimum absolute atomic E-state index is 0. The molecule has 0 spiro atoms. The summed E-state index contributed by atoms with van der Waals surface area (Å²) in [5.74, 6) is 1.38. The fourth-order valence-corrected chi connectivity index (χ4v) is 1.94. The van der Waals surface area contributed by atoms with Gasteiger partial charge in [-0.3, -0.25) is 12.2 Å². The van der Waals surface area contributed by atoms with Crippen LogP contribution in [0.25, 0.3) is 0 Å². The molecule has 0 unspecified atom stereocenters. The second-order valence-corrected chi connectivity index (χ2v) is 5.35. The average Bonchev–Trinajstić information content (AvgIpc) is 3.48. The van der Waals surface area contributed by atoms with Gasteiger partial charge in [-0.1, -0.05) is 24.3 Å². The van der Waals surface area contributed by atoms with E-state index >= 15 is 0 Å². The summed E-state index contributed by atoms with van der Waals surface area (Å²) in [7, 11) is 3.05.